The molecule has 2 rings (SSSR count). The lowest BCUT2D eigenvalue weighted by molar-refractivity contribution is 0.229. The van der Waals surface area contributed by atoms with Gasteiger partial charge in [-0.05, 0) is 43.2 Å². The molecule has 3 unspecified atom stereocenters. The van der Waals surface area contributed by atoms with Gasteiger partial charge >= 0.3 is 0 Å². The standard InChI is InChI=1S/C14H22ClNS/c1-2-10-4-3-5-11(8-10)13(16)9-12-6-7-14(15)17-12/h6-7,10-11,13H,2-5,8-9,16H2,1H3. The molecule has 0 aliphatic heterocycles. The van der Waals surface area contributed by atoms with Crippen molar-refractivity contribution in [2.45, 2.75) is 51.5 Å². The first-order valence-electron chi connectivity index (χ1n) is 6.68. The third-order valence-electron chi connectivity index (χ3n) is 4.07. The van der Waals surface area contributed by atoms with Gasteiger partial charge in [0.2, 0.25) is 0 Å². The lowest BCUT2D eigenvalue weighted by atomic mass is 9.76. The maximum absolute atomic E-state index is 6.37. The van der Waals surface area contributed by atoms with Crippen LogP contribution in [-0.4, -0.2) is 6.04 Å². The highest BCUT2D eigenvalue weighted by molar-refractivity contribution is 7.16. The van der Waals surface area contributed by atoms with Gasteiger partial charge in [-0.2, -0.15) is 0 Å². The Morgan fingerprint density at radius 3 is 2.94 bits per heavy atom. The van der Waals surface area contributed by atoms with Crippen molar-refractivity contribution in [2.24, 2.45) is 17.6 Å². The van der Waals surface area contributed by atoms with Crippen LogP contribution in [0.25, 0.3) is 0 Å². The highest BCUT2D eigenvalue weighted by atomic mass is 35.5. The number of halogens is 1. The van der Waals surface area contributed by atoms with Gasteiger partial charge in [-0.25, -0.2) is 0 Å². The molecule has 1 aliphatic carbocycles. The summed E-state index contributed by atoms with van der Waals surface area (Å²) in [5.41, 5.74) is 6.37. The summed E-state index contributed by atoms with van der Waals surface area (Å²) in [5.74, 6) is 1.63. The molecular formula is C14H22ClNS. The van der Waals surface area contributed by atoms with E-state index in [9.17, 15) is 0 Å². The summed E-state index contributed by atoms with van der Waals surface area (Å²) in [4.78, 5) is 1.33. The minimum Gasteiger partial charge on any atom is -0.327 e. The van der Waals surface area contributed by atoms with Crippen LogP contribution in [0, 0.1) is 11.8 Å². The van der Waals surface area contributed by atoms with Crippen molar-refractivity contribution in [1.29, 1.82) is 0 Å². The quantitative estimate of drug-likeness (QED) is 0.858. The predicted molar refractivity (Wildman–Crippen MR) is 76.7 cm³/mol. The van der Waals surface area contributed by atoms with E-state index in [0.29, 0.717) is 6.04 Å². The highest BCUT2D eigenvalue weighted by Gasteiger charge is 2.25. The van der Waals surface area contributed by atoms with Crippen LogP contribution in [0.3, 0.4) is 0 Å². The summed E-state index contributed by atoms with van der Waals surface area (Å²) in [5, 5.41) is 0. The van der Waals surface area contributed by atoms with Gasteiger partial charge in [-0.1, -0.05) is 37.8 Å². The Morgan fingerprint density at radius 2 is 2.29 bits per heavy atom. The van der Waals surface area contributed by atoms with Gasteiger partial charge in [0, 0.05) is 10.9 Å². The van der Waals surface area contributed by atoms with Gasteiger partial charge in [0.25, 0.3) is 0 Å². The first-order valence-corrected chi connectivity index (χ1v) is 7.88. The maximum Gasteiger partial charge on any atom is 0.0931 e. The molecule has 1 aliphatic rings. The smallest absolute Gasteiger partial charge is 0.0931 e. The molecule has 1 saturated carbocycles. The molecule has 1 nitrogen and oxygen atoms in total. The molecule has 0 amide bonds. The molecular weight excluding hydrogens is 250 g/mol. The zero-order valence-electron chi connectivity index (χ0n) is 10.5. The van der Waals surface area contributed by atoms with Crippen molar-refractivity contribution in [1.82, 2.24) is 0 Å². The fourth-order valence-corrected chi connectivity index (χ4v) is 4.11. The molecule has 96 valence electrons. The second-order valence-corrected chi connectivity index (χ2v) is 7.07. The molecule has 0 aromatic carbocycles. The zero-order chi connectivity index (χ0) is 12.3. The third kappa shape index (κ3) is 3.70. The van der Waals surface area contributed by atoms with E-state index in [1.807, 2.05) is 6.07 Å². The fourth-order valence-electron chi connectivity index (χ4n) is 2.95. The summed E-state index contributed by atoms with van der Waals surface area (Å²) in [6, 6.07) is 4.41. The van der Waals surface area contributed by atoms with E-state index in [-0.39, 0.29) is 0 Å². The number of rotatable bonds is 4. The molecule has 0 saturated heterocycles. The normalized spacial score (nSPS) is 27.0. The first kappa shape index (κ1) is 13.4. The van der Waals surface area contributed by atoms with Gasteiger partial charge in [0.05, 0.1) is 4.34 Å². The first-order chi connectivity index (χ1) is 8.19. The molecule has 1 aromatic rings. The number of hydrogen-bond acceptors (Lipinski definition) is 2. The van der Waals surface area contributed by atoms with Crippen LogP contribution in [0.15, 0.2) is 12.1 Å². The molecule has 2 N–H and O–H groups in total. The van der Waals surface area contributed by atoms with Crippen molar-refractivity contribution in [2.75, 3.05) is 0 Å². The lowest BCUT2D eigenvalue weighted by Gasteiger charge is -2.32. The van der Waals surface area contributed by atoms with Crippen LogP contribution in [0.5, 0.6) is 0 Å². The van der Waals surface area contributed by atoms with E-state index in [1.165, 1.54) is 37.0 Å². The van der Waals surface area contributed by atoms with Gasteiger partial charge in [0.15, 0.2) is 0 Å². The Hall–Kier alpha value is -0.0500. The van der Waals surface area contributed by atoms with Crippen LogP contribution < -0.4 is 5.73 Å². The van der Waals surface area contributed by atoms with Crippen molar-refractivity contribution >= 4 is 22.9 Å². The molecule has 3 atom stereocenters. The van der Waals surface area contributed by atoms with Crippen molar-refractivity contribution in [3.8, 4) is 0 Å². The van der Waals surface area contributed by atoms with Gasteiger partial charge in [-0.15, -0.1) is 11.3 Å². The van der Waals surface area contributed by atoms with Crippen LogP contribution in [-0.2, 0) is 6.42 Å². The van der Waals surface area contributed by atoms with E-state index in [2.05, 4.69) is 13.0 Å². The second-order valence-electron chi connectivity index (χ2n) is 5.27. The second kappa shape index (κ2) is 6.21. The average Bonchev–Trinajstić information content (AvgIpc) is 2.75. The summed E-state index contributed by atoms with van der Waals surface area (Å²) in [7, 11) is 0. The minimum atomic E-state index is 0.319. The number of nitrogens with two attached hydrogens (primary N) is 1. The monoisotopic (exact) mass is 271 g/mol. The Kier molecular flexibility index (Phi) is 4.89. The average molecular weight is 272 g/mol. The minimum absolute atomic E-state index is 0.319. The van der Waals surface area contributed by atoms with E-state index < -0.39 is 0 Å². The molecule has 1 fully saturated rings. The zero-order valence-corrected chi connectivity index (χ0v) is 12.1. The Balaban J connectivity index is 1.88. The molecule has 0 bridgehead atoms. The van der Waals surface area contributed by atoms with E-state index in [1.54, 1.807) is 11.3 Å². The molecule has 1 aromatic heterocycles. The summed E-state index contributed by atoms with van der Waals surface area (Å²) in [6.45, 7) is 2.30. The number of thiophene rings is 1. The lowest BCUT2D eigenvalue weighted by Crippen LogP contribution is -2.35. The topological polar surface area (TPSA) is 26.0 Å². The van der Waals surface area contributed by atoms with Crippen molar-refractivity contribution < 1.29 is 0 Å². The van der Waals surface area contributed by atoms with Crippen molar-refractivity contribution in [3.05, 3.63) is 21.3 Å². The van der Waals surface area contributed by atoms with E-state index in [0.717, 1.165) is 22.6 Å². The van der Waals surface area contributed by atoms with E-state index >= 15 is 0 Å². The van der Waals surface area contributed by atoms with Crippen LogP contribution >= 0.6 is 22.9 Å². The highest BCUT2D eigenvalue weighted by Crippen LogP contribution is 2.34. The van der Waals surface area contributed by atoms with Crippen molar-refractivity contribution in [3.63, 3.8) is 0 Å². The molecule has 3 heteroatoms. The summed E-state index contributed by atoms with van der Waals surface area (Å²) < 4.78 is 0.877. The van der Waals surface area contributed by atoms with Gasteiger partial charge in [0.1, 0.15) is 0 Å². The molecule has 17 heavy (non-hydrogen) atoms. The maximum atomic E-state index is 6.37. The molecule has 0 spiro atoms. The molecule has 1 heterocycles. The fraction of sp³-hybridized carbons (Fsp3) is 0.714. The number of hydrogen-bond donors (Lipinski definition) is 1. The van der Waals surface area contributed by atoms with Gasteiger partial charge < -0.3 is 5.73 Å². The van der Waals surface area contributed by atoms with Crippen LogP contribution in [0.4, 0.5) is 0 Å². The van der Waals surface area contributed by atoms with E-state index in [4.69, 9.17) is 17.3 Å². The van der Waals surface area contributed by atoms with Crippen LogP contribution in [0.1, 0.15) is 43.9 Å². The SMILES string of the molecule is CCC1CCCC(C(N)Cc2ccc(Cl)s2)C1. The Bertz CT molecular complexity index is 350. The Labute approximate surface area is 113 Å². The largest absolute Gasteiger partial charge is 0.327 e. The molecule has 0 radical (unpaired) electrons. The Morgan fingerprint density at radius 1 is 1.47 bits per heavy atom. The summed E-state index contributed by atoms with van der Waals surface area (Å²) in [6.07, 6.45) is 7.73. The van der Waals surface area contributed by atoms with Gasteiger partial charge in [-0.3, -0.25) is 0 Å². The van der Waals surface area contributed by atoms with Crippen LogP contribution in [0.2, 0.25) is 4.34 Å². The summed E-state index contributed by atoms with van der Waals surface area (Å²) >= 11 is 7.63. The predicted octanol–water partition coefficient (Wildman–Crippen LogP) is 4.49. The third-order valence-corrected chi connectivity index (χ3v) is 5.33.